The van der Waals surface area contributed by atoms with E-state index < -0.39 is 16.1 Å². The van der Waals surface area contributed by atoms with Crippen LogP contribution in [0.5, 0.6) is 0 Å². The fourth-order valence-corrected chi connectivity index (χ4v) is 3.94. The molecule has 1 heterocycles. The van der Waals surface area contributed by atoms with E-state index in [1.54, 1.807) is 19.1 Å². The second kappa shape index (κ2) is 6.23. The number of carbonyl (C=O) groups excluding carboxylic acids is 1. The lowest BCUT2D eigenvalue weighted by Crippen LogP contribution is -2.51. The number of rotatable bonds is 4. The number of Topliss-reactive ketones (excluding diaryl/α,β-unsaturated/α-hetero) is 1. The Bertz CT molecular complexity index is 628. The van der Waals surface area contributed by atoms with Crippen LogP contribution in [0.15, 0.2) is 29.2 Å². The highest BCUT2D eigenvalue weighted by molar-refractivity contribution is 7.89. The molecule has 1 aromatic rings. The maximum atomic E-state index is 12.7. The minimum absolute atomic E-state index is 0.0839. The van der Waals surface area contributed by atoms with Crippen LogP contribution in [-0.4, -0.2) is 55.5 Å². The van der Waals surface area contributed by atoms with Crippen molar-refractivity contribution >= 4 is 15.8 Å². The second-order valence-corrected chi connectivity index (χ2v) is 7.04. The van der Waals surface area contributed by atoms with Gasteiger partial charge >= 0.3 is 0 Å². The van der Waals surface area contributed by atoms with Crippen molar-refractivity contribution in [1.82, 2.24) is 4.31 Å². The summed E-state index contributed by atoms with van der Waals surface area (Å²) in [6.07, 6.45) is -0.521. The molecule has 1 fully saturated rings. The fraction of sp³-hybridized carbons (Fsp3) is 0.500. The molecule has 6 nitrogen and oxygen atoms in total. The van der Waals surface area contributed by atoms with Crippen molar-refractivity contribution in [3.63, 3.8) is 0 Å². The zero-order chi connectivity index (χ0) is 15.6. The number of morpholine rings is 1. The van der Waals surface area contributed by atoms with Crippen molar-refractivity contribution in [2.45, 2.75) is 30.9 Å². The second-order valence-electron chi connectivity index (χ2n) is 5.15. The van der Waals surface area contributed by atoms with Crippen molar-refractivity contribution < 1.29 is 23.1 Å². The van der Waals surface area contributed by atoms with Gasteiger partial charge in [-0.2, -0.15) is 4.31 Å². The molecule has 0 saturated carbocycles. The molecule has 1 saturated heterocycles. The Kier molecular flexibility index (Phi) is 4.77. The number of ketones is 1. The highest BCUT2D eigenvalue weighted by atomic mass is 32.2. The smallest absolute Gasteiger partial charge is 0.243 e. The number of aliphatic hydroxyl groups is 1. The number of sulfonamides is 1. The van der Waals surface area contributed by atoms with Crippen LogP contribution in [0.1, 0.15) is 24.2 Å². The fourth-order valence-electron chi connectivity index (χ4n) is 2.25. The summed E-state index contributed by atoms with van der Waals surface area (Å²) in [5, 5.41) is 9.16. The maximum absolute atomic E-state index is 12.7. The third kappa shape index (κ3) is 3.32. The van der Waals surface area contributed by atoms with E-state index in [-0.39, 0.29) is 36.5 Å². The molecular formula is C14H19NO5S. The summed E-state index contributed by atoms with van der Waals surface area (Å²) in [5.74, 6) is -0.185. The Hall–Kier alpha value is -1.28. The lowest BCUT2D eigenvalue weighted by Gasteiger charge is -2.36. The Balaban J connectivity index is 2.36. The van der Waals surface area contributed by atoms with Crippen LogP contribution in [0.4, 0.5) is 0 Å². The summed E-state index contributed by atoms with van der Waals surface area (Å²) < 4.78 is 32.1. The van der Waals surface area contributed by atoms with Crippen LogP contribution < -0.4 is 0 Å². The molecule has 0 spiro atoms. The average Bonchev–Trinajstić information content (AvgIpc) is 2.47. The number of hydrogen-bond donors (Lipinski definition) is 1. The zero-order valence-corrected chi connectivity index (χ0v) is 12.8. The van der Waals surface area contributed by atoms with Gasteiger partial charge in [0.1, 0.15) is 0 Å². The first-order valence-corrected chi connectivity index (χ1v) is 8.15. The van der Waals surface area contributed by atoms with E-state index >= 15 is 0 Å². The lowest BCUT2D eigenvalue weighted by atomic mass is 10.2. The monoisotopic (exact) mass is 313 g/mol. The van der Waals surface area contributed by atoms with Gasteiger partial charge in [-0.15, -0.1) is 0 Å². The van der Waals surface area contributed by atoms with Gasteiger partial charge in [-0.05, 0) is 26.0 Å². The van der Waals surface area contributed by atoms with Crippen LogP contribution in [0, 0.1) is 0 Å². The third-order valence-electron chi connectivity index (χ3n) is 3.50. The summed E-state index contributed by atoms with van der Waals surface area (Å²) in [5.41, 5.74) is 0.357. The number of benzene rings is 1. The van der Waals surface area contributed by atoms with E-state index in [1.807, 2.05) is 0 Å². The molecule has 1 aliphatic heterocycles. The summed E-state index contributed by atoms with van der Waals surface area (Å²) in [6, 6.07) is 5.67. The Morgan fingerprint density at radius 3 is 2.81 bits per heavy atom. The molecule has 0 aliphatic carbocycles. The largest absolute Gasteiger partial charge is 0.394 e. The first kappa shape index (κ1) is 16.1. The van der Waals surface area contributed by atoms with E-state index in [1.165, 1.54) is 23.4 Å². The molecule has 0 bridgehead atoms. The number of ether oxygens (including phenoxy) is 1. The quantitative estimate of drug-likeness (QED) is 0.826. The highest BCUT2D eigenvalue weighted by Crippen LogP contribution is 2.23. The molecular weight excluding hydrogens is 294 g/mol. The van der Waals surface area contributed by atoms with Crippen LogP contribution >= 0.6 is 0 Å². The van der Waals surface area contributed by atoms with Gasteiger partial charge in [0.05, 0.1) is 24.2 Å². The molecule has 0 aromatic heterocycles. The highest BCUT2D eigenvalue weighted by Gasteiger charge is 2.35. The van der Waals surface area contributed by atoms with E-state index in [9.17, 15) is 13.2 Å². The van der Waals surface area contributed by atoms with Gasteiger partial charge in [0, 0.05) is 18.2 Å². The van der Waals surface area contributed by atoms with Crippen LogP contribution in [0.2, 0.25) is 0 Å². The van der Waals surface area contributed by atoms with Gasteiger partial charge in [-0.25, -0.2) is 8.42 Å². The van der Waals surface area contributed by atoms with Gasteiger partial charge < -0.3 is 9.84 Å². The molecule has 1 aromatic carbocycles. The predicted octanol–water partition coefficient (Wildman–Crippen LogP) is 0.660. The molecule has 7 heteroatoms. The molecule has 21 heavy (non-hydrogen) atoms. The molecule has 2 rings (SSSR count). The van der Waals surface area contributed by atoms with Crippen molar-refractivity contribution in [2.75, 3.05) is 19.8 Å². The molecule has 116 valence electrons. The van der Waals surface area contributed by atoms with Gasteiger partial charge in [-0.1, -0.05) is 12.1 Å². The van der Waals surface area contributed by atoms with Crippen molar-refractivity contribution in [3.8, 4) is 0 Å². The van der Waals surface area contributed by atoms with Crippen LogP contribution in [0.25, 0.3) is 0 Å². The third-order valence-corrected chi connectivity index (χ3v) is 5.48. The van der Waals surface area contributed by atoms with Crippen molar-refractivity contribution in [1.29, 1.82) is 0 Å². The van der Waals surface area contributed by atoms with Gasteiger partial charge in [0.15, 0.2) is 5.78 Å². The molecule has 1 aliphatic rings. The molecule has 0 amide bonds. The first-order chi connectivity index (χ1) is 9.86. The Labute approximate surface area is 124 Å². The molecule has 0 radical (unpaired) electrons. The first-order valence-electron chi connectivity index (χ1n) is 6.71. The van der Waals surface area contributed by atoms with Gasteiger partial charge in [-0.3, -0.25) is 4.79 Å². The van der Waals surface area contributed by atoms with E-state index in [0.717, 1.165) is 0 Å². The summed E-state index contributed by atoms with van der Waals surface area (Å²) in [6.45, 7) is 3.25. The molecule has 2 atom stereocenters. The summed E-state index contributed by atoms with van der Waals surface area (Å²) in [7, 11) is -3.72. The minimum Gasteiger partial charge on any atom is -0.394 e. The van der Waals surface area contributed by atoms with E-state index in [2.05, 4.69) is 0 Å². The summed E-state index contributed by atoms with van der Waals surface area (Å²) in [4.78, 5) is 11.5. The predicted molar refractivity (Wildman–Crippen MR) is 76.6 cm³/mol. The lowest BCUT2D eigenvalue weighted by molar-refractivity contribution is -0.0516. The van der Waals surface area contributed by atoms with Crippen LogP contribution in [-0.2, 0) is 14.8 Å². The summed E-state index contributed by atoms with van der Waals surface area (Å²) >= 11 is 0. The topological polar surface area (TPSA) is 83.9 Å². The van der Waals surface area contributed by atoms with Crippen molar-refractivity contribution in [3.05, 3.63) is 29.8 Å². The maximum Gasteiger partial charge on any atom is 0.243 e. The standard InChI is InChI=1S/C14H19NO5S/c1-10-9-20-13(8-16)7-15(10)21(18,19)14-5-3-4-12(6-14)11(2)17/h3-6,10,13,16H,7-9H2,1-2H3. The molecule has 2 unspecified atom stereocenters. The number of nitrogens with zero attached hydrogens (tertiary/aromatic N) is 1. The van der Waals surface area contributed by atoms with E-state index in [0.29, 0.717) is 5.56 Å². The zero-order valence-electron chi connectivity index (χ0n) is 12.0. The normalized spacial score (nSPS) is 24.0. The average molecular weight is 313 g/mol. The number of carbonyl (C=O) groups is 1. The van der Waals surface area contributed by atoms with Crippen molar-refractivity contribution in [2.24, 2.45) is 0 Å². The molecule has 1 N–H and O–H groups in total. The SMILES string of the molecule is CC(=O)c1cccc(S(=O)(=O)N2CC(CO)OCC2C)c1. The Morgan fingerprint density at radius 1 is 1.48 bits per heavy atom. The van der Waals surface area contributed by atoms with Gasteiger partial charge in [0.2, 0.25) is 10.0 Å². The van der Waals surface area contributed by atoms with Gasteiger partial charge in [0.25, 0.3) is 0 Å². The van der Waals surface area contributed by atoms with E-state index in [4.69, 9.17) is 9.84 Å². The number of hydrogen-bond acceptors (Lipinski definition) is 5. The van der Waals surface area contributed by atoms with Crippen LogP contribution in [0.3, 0.4) is 0 Å². The minimum atomic E-state index is -3.72. The number of aliphatic hydroxyl groups excluding tert-OH is 1. The Morgan fingerprint density at radius 2 is 2.19 bits per heavy atom.